The number of rotatable bonds is 11. The first-order valence-corrected chi connectivity index (χ1v) is 8.45. The van der Waals surface area contributed by atoms with Crippen molar-refractivity contribution in [3.05, 3.63) is 24.3 Å². The van der Waals surface area contributed by atoms with Crippen LogP contribution in [0.15, 0.2) is 24.3 Å². The minimum absolute atomic E-state index is 0.160. The number of ether oxygens (including phenoxy) is 4. The third-order valence-corrected chi connectivity index (χ3v) is 3.11. The van der Waals surface area contributed by atoms with Crippen molar-refractivity contribution in [1.29, 1.82) is 0 Å². The highest BCUT2D eigenvalue weighted by Crippen LogP contribution is 2.28. The van der Waals surface area contributed by atoms with Crippen molar-refractivity contribution in [3.63, 3.8) is 0 Å². The maximum Gasteiger partial charge on any atom is 0.344 e. The van der Waals surface area contributed by atoms with Crippen LogP contribution in [0.2, 0.25) is 0 Å². The van der Waals surface area contributed by atoms with Gasteiger partial charge in [0.15, 0.2) is 6.61 Å². The maximum absolute atomic E-state index is 11.9. The second kappa shape index (κ2) is 11.7. The molecule has 0 saturated carbocycles. The molecule has 26 heavy (non-hydrogen) atoms. The molecule has 0 aromatic heterocycles. The molecule has 1 rings (SSSR count). The van der Waals surface area contributed by atoms with Crippen molar-refractivity contribution in [2.24, 2.45) is 0 Å². The topological polar surface area (TPSA) is 91.4 Å². The van der Waals surface area contributed by atoms with E-state index in [2.05, 4.69) is 0 Å². The Morgan fingerprint density at radius 2 is 1.31 bits per heavy atom. The van der Waals surface area contributed by atoms with Crippen molar-refractivity contribution >= 4 is 23.6 Å². The summed E-state index contributed by atoms with van der Waals surface area (Å²) in [4.78, 5) is 36.8. The number of esters is 3. The molecule has 0 saturated heterocycles. The minimum Gasteiger partial charge on any atom is -0.480 e. The minimum atomic E-state index is -0.510. The molecular weight excluding hydrogens is 342 g/mol. The summed E-state index contributed by atoms with van der Waals surface area (Å²) in [5.41, 5.74) is 0.470. The van der Waals surface area contributed by atoms with E-state index in [0.29, 0.717) is 11.4 Å². The van der Waals surface area contributed by atoms with Gasteiger partial charge >= 0.3 is 17.9 Å². The highest BCUT2D eigenvalue weighted by Gasteiger charge is 2.20. The van der Waals surface area contributed by atoms with Gasteiger partial charge in [-0.05, 0) is 32.9 Å². The lowest BCUT2D eigenvalue weighted by Crippen LogP contribution is -2.36. The number of carbonyl (C=O) groups is 3. The van der Waals surface area contributed by atoms with Gasteiger partial charge in [0.2, 0.25) is 0 Å². The molecule has 0 heterocycles. The molecule has 0 aliphatic carbocycles. The van der Waals surface area contributed by atoms with E-state index in [1.54, 1.807) is 45.0 Å². The van der Waals surface area contributed by atoms with Crippen LogP contribution in [0.1, 0.15) is 20.8 Å². The summed E-state index contributed by atoms with van der Waals surface area (Å²) in [5, 5.41) is 0. The van der Waals surface area contributed by atoms with E-state index in [1.807, 2.05) is 0 Å². The van der Waals surface area contributed by atoms with Crippen LogP contribution in [0.4, 0.5) is 5.69 Å². The van der Waals surface area contributed by atoms with Gasteiger partial charge in [0.1, 0.15) is 18.8 Å². The van der Waals surface area contributed by atoms with Crippen LogP contribution >= 0.6 is 0 Å². The number of anilines is 1. The summed E-state index contributed by atoms with van der Waals surface area (Å²) in [7, 11) is 0. The van der Waals surface area contributed by atoms with Gasteiger partial charge in [0, 0.05) is 0 Å². The molecule has 0 aliphatic rings. The van der Waals surface area contributed by atoms with Gasteiger partial charge in [-0.2, -0.15) is 0 Å². The third-order valence-electron chi connectivity index (χ3n) is 3.11. The van der Waals surface area contributed by atoms with E-state index in [4.69, 9.17) is 18.9 Å². The second-order valence-electron chi connectivity index (χ2n) is 5.03. The molecule has 0 radical (unpaired) electrons. The molecule has 0 N–H and O–H groups in total. The van der Waals surface area contributed by atoms with Crippen molar-refractivity contribution in [1.82, 2.24) is 0 Å². The zero-order chi connectivity index (χ0) is 19.4. The highest BCUT2D eigenvalue weighted by atomic mass is 16.6. The number of hydrogen-bond acceptors (Lipinski definition) is 8. The average Bonchev–Trinajstić information content (AvgIpc) is 2.60. The fourth-order valence-corrected chi connectivity index (χ4v) is 2.13. The molecule has 0 bridgehead atoms. The molecular formula is C18H25NO7. The summed E-state index contributed by atoms with van der Waals surface area (Å²) < 4.78 is 20.2. The summed E-state index contributed by atoms with van der Waals surface area (Å²) in [6.45, 7) is 5.21. The summed E-state index contributed by atoms with van der Waals surface area (Å²) in [6.07, 6.45) is 0. The fraction of sp³-hybridized carbons (Fsp3) is 0.500. The Balaban J connectivity index is 2.97. The van der Waals surface area contributed by atoms with Gasteiger partial charge in [0.25, 0.3) is 0 Å². The Morgan fingerprint density at radius 3 is 1.85 bits per heavy atom. The zero-order valence-corrected chi connectivity index (χ0v) is 15.4. The molecule has 0 fully saturated rings. The highest BCUT2D eigenvalue weighted by molar-refractivity contribution is 5.82. The molecule has 1 aromatic carbocycles. The van der Waals surface area contributed by atoms with Gasteiger partial charge in [-0.1, -0.05) is 12.1 Å². The molecule has 0 amide bonds. The summed E-state index contributed by atoms with van der Waals surface area (Å²) in [6, 6.07) is 6.77. The third kappa shape index (κ3) is 7.42. The van der Waals surface area contributed by atoms with E-state index in [9.17, 15) is 14.4 Å². The van der Waals surface area contributed by atoms with Gasteiger partial charge < -0.3 is 23.8 Å². The second-order valence-corrected chi connectivity index (χ2v) is 5.03. The molecule has 0 unspecified atom stereocenters. The fourth-order valence-electron chi connectivity index (χ4n) is 2.13. The van der Waals surface area contributed by atoms with Crippen LogP contribution in [0.5, 0.6) is 5.75 Å². The van der Waals surface area contributed by atoms with Gasteiger partial charge in [-0.3, -0.25) is 9.59 Å². The van der Waals surface area contributed by atoms with Gasteiger partial charge in [0.05, 0.1) is 25.5 Å². The van der Waals surface area contributed by atoms with E-state index >= 15 is 0 Å². The Labute approximate surface area is 153 Å². The molecule has 144 valence electrons. The van der Waals surface area contributed by atoms with Gasteiger partial charge in [-0.15, -0.1) is 0 Å². The number of benzene rings is 1. The standard InChI is InChI=1S/C18H25NO7/c1-4-23-16(20)11-19(12-17(21)24-5-2)14-9-7-8-10-15(14)26-13-18(22)25-6-3/h7-10H,4-6,11-13H2,1-3H3. The first kappa shape index (κ1) is 21.3. The van der Waals surface area contributed by atoms with E-state index < -0.39 is 17.9 Å². The first-order valence-electron chi connectivity index (χ1n) is 8.45. The Bertz CT molecular complexity index is 583. The van der Waals surface area contributed by atoms with Crippen molar-refractivity contribution in [2.75, 3.05) is 44.4 Å². The summed E-state index contributed by atoms with van der Waals surface area (Å²) in [5.74, 6) is -1.15. The maximum atomic E-state index is 11.9. The number of para-hydroxylation sites is 2. The lowest BCUT2D eigenvalue weighted by molar-refractivity contribution is -0.146. The van der Waals surface area contributed by atoms with Crippen LogP contribution in [0.25, 0.3) is 0 Å². The van der Waals surface area contributed by atoms with E-state index in [0.717, 1.165) is 0 Å². The Hall–Kier alpha value is -2.77. The largest absolute Gasteiger partial charge is 0.480 e. The molecule has 8 nitrogen and oxygen atoms in total. The van der Waals surface area contributed by atoms with E-state index in [1.165, 1.54) is 4.90 Å². The van der Waals surface area contributed by atoms with Crippen LogP contribution in [0.3, 0.4) is 0 Å². The quantitative estimate of drug-likeness (QED) is 0.430. The summed E-state index contributed by atoms with van der Waals surface area (Å²) >= 11 is 0. The number of hydrogen-bond donors (Lipinski definition) is 0. The normalized spacial score (nSPS) is 9.96. The lowest BCUT2D eigenvalue weighted by atomic mass is 10.2. The van der Waals surface area contributed by atoms with Crippen LogP contribution in [0, 0.1) is 0 Å². The van der Waals surface area contributed by atoms with Crippen LogP contribution in [-0.2, 0) is 28.6 Å². The zero-order valence-electron chi connectivity index (χ0n) is 15.4. The molecule has 0 aliphatic heterocycles. The SMILES string of the molecule is CCOC(=O)COc1ccccc1N(CC(=O)OCC)CC(=O)OCC. The number of nitrogens with zero attached hydrogens (tertiary/aromatic N) is 1. The number of carbonyl (C=O) groups excluding carboxylic acids is 3. The Morgan fingerprint density at radius 1 is 0.808 bits per heavy atom. The first-order chi connectivity index (χ1) is 12.5. The Kier molecular flexibility index (Phi) is 9.59. The molecule has 1 aromatic rings. The van der Waals surface area contributed by atoms with E-state index in [-0.39, 0.29) is 39.5 Å². The predicted octanol–water partition coefficient (Wildman–Crippen LogP) is 1.56. The monoisotopic (exact) mass is 367 g/mol. The van der Waals surface area contributed by atoms with Gasteiger partial charge in [-0.25, -0.2) is 4.79 Å². The van der Waals surface area contributed by atoms with Crippen molar-refractivity contribution in [3.8, 4) is 5.75 Å². The predicted molar refractivity (Wildman–Crippen MR) is 94.0 cm³/mol. The van der Waals surface area contributed by atoms with Crippen LogP contribution < -0.4 is 9.64 Å². The lowest BCUT2D eigenvalue weighted by Gasteiger charge is -2.24. The smallest absolute Gasteiger partial charge is 0.344 e. The molecule has 0 spiro atoms. The van der Waals surface area contributed by atoms with Crippen LogP contribution in [-0.4, -0.2) is 57.4 Å². The van der Waals surface area contributed by atoms with Crippen molar-refractivity contribution < 1.29 is 33.3 Å². The molecule has 8 heteroatoms. The average molecular weight is 367 g/mol. The molecule has 0 atom stereocenters. The van der Waals surface area contributed by atoms with Crippen molar-refractivity contribution in [2.45, 2.75) is 20.8 Å².